The number of amides is 1. The molecule has 4 rings (SSSR count). The molecule has 1 aliphatic rings. The van der Waals surface area contributed by atoms with Crippen LogP contribution in [0.5, 0.6) is 5.88 Å². The third-order valence-electron chi connectivity index (χ3n) is 6.16. The van der Waals surface area contributed by atoms with Crippen molar-refractivity contribution in [3.63, 3.8) is 0 Å². The molecule has 1 aliphatic heterocycles. The maximum atomic E-state index is 12.8. The summed E-state index contributed by atoms with van der Waals surface area (Å²) in [6, 6.07) is 22.2. The van der Waals surface area contributed by atoms with Crippen molar-refractivity contribution in [2.45, 2.75) is 18.5 Å². The third kappa shape index (κ3) is 6.05. The van der Waals surface area contributed by atoms with Crippen LogP contribution in [-0.4, -0.2) is 55.2 Å². The van der Waals surface area contributed by atoms with E-state index in [0.717, 1.165) is 24.1 Å². The smallest absolute Gasteiger partial charge is 0.251 e. The first-order chi connectivity index (χ1) is 17.6. The Labute approximate surface area is 210 Å². The number of carbonyl (C=O) groups excluding carboxylic acids is 1. The first-order valence-electron chi connectivity index (χ1n) is 11.7. The number of benzene rings is 2. The van der Waals surface area contributed by atoms with Crippen LogP contribution in [0.1, 0.15) is 45.1 Å². The molecule has 2 aromatic carbocycles. The highest BCUT2D eigenvalue weighted by Crippen LogP contribution is 2.32. The van der Waals surface area contributed by atoms with Crippen LogP contribution in [0.3, 0.4) is 0 Å². The second-order valence-corrected chi connectivity index (χ2v) is 8.55. The number of hydrogen-bond acceptors (Lipinski definition) is 7. The highest BCUT2D eigenvalue weighted by molar-refractivity contribution is 5.94. The lowest BCUT2D eigenvalue weighted by molar-refractivity contribution is 0.0937. The Hall–Kier alpha value is -4.24. The summed E-state index contributed by atoms with van der Waals surface area (Å²) in [7, 11) is 1.62. The van der Waals surface area contributed by atoms with Crippen LogP contribution in [0, 0.1) is 22.7 Å². The van der Waals surface area contributed by atoms with Gasteiger partial charge in [-0.25, -0.2) is 4.98 Å². The zero-order valence-corrected chi connectivity index (χ0v) is 20.1. The summed E-state index contributed by atoms with van der Waals surface area (Å²) in [6.07, 6.45) is 2.62. The summed E-state index contributed by atoms with van der Waals surface area (Å²) >= 11 is 0. The molecular weight excluding hydrogens is 454 g/mol. The number of nitrogens with zero attached hydrogens (tertiary/aromatic N) is 4. The molecule has 1 N–H and O–H groups in total. The zero-order valence-electron chi connectivity index (χ0n) is 20.1. The molecule has 1 fully saturated rings. The van der Waals surface area contributed by atoms with Gasteiger partial charge in [-0.05, 0) is 53.9 Å². The molecule has 1 saturated heterocycles. The van der Waals surface area contributed by atoms with E-state index in [1.54, 1.807) is 31.4 Å². The van der Waals surface area contributed by atoms with Crippen LogP contribution >= 0.6 is 0 Å². The number of pyridine rings is 1. The number of nitrogens with one attached hydrogen (secondary N) is 1. The van der Waals surface area contributed by atoms with Crippen molar-refractivity contribution in [1.82, 2.24) is 15.2 Å². The lowest BCUT2D eigenvalue weighted by Gasteiger charge is -2.29. The quantitative estimate of drug-likeness (QED) is 0.466. The molecule has 1 aromatic heterocycles. The van der Waals surface area contributed by atoms with E-state index in [1.807, 2.05) is 42.6 Å². The van der Waals surface area contributed by atoms with Gasteiger partial charge in [0.05, 0.1) is 35.9 Å². The van der Waals surface area contributed by atoms with Crippen LogP contribution < -0.4 is 10.1 Å². The van der Waals surface area contributed by atoms with Crippen molar-refractivity contribution < 1.29 is 14.3 Å². The number of nitriles is 2. The highest BCUT2D eigenvalue weighted by Gasteiger charge is 2.31. The van der Waals surface area contributed by atoms with Gasteiger partial charge in [0, 0.05) is 44.1 Å². The summed E-state index contributed by atoms with van der Waals surface area (Å²) < 4.78 is 10.6. The maximum absolute atomic E-state index is 12.8. The van der Waals surface area contributed by atoms with Gasteiger partial charge in [-0.1, -0.05) is 18.2 Å². The van der Waals surface area contributed by atoms with Crippen molar-refractivity contribution in [3.05, 3.63) is 94.7 Å². The highest BCUT2D eigenvalue weighted by atomic mass is 16.5. The first-order valence-corrected chi connectivity index (χ1v) is 11.7. The summed E-state index contributed by atoms with van der Waals surface area (Å²) in [5.41, 5.74) is 3.70. The Morgan fingerprint density at radius 3 is 2.31 bits per heavy atom. The lowest BCUT2D eigenvalue weighted by Crippen LogP contribution is -2.38. The minimum absolute atomic E-state index is 0.0152. The number of carbonyl (C=O) groups is 1. The van der Waals surface area contributed by atoms with Gasteiger partial charge < -0.3 is 14.8 Å². The average molecular weight is 482 g/mol. The fourth-order valence-corrected chi connectivity index (χ4v) is 4.33. The van der Waals surface area contributed by atoms with Gasteiger partial charge >= 0.3 is 0 Å². The van der Waals surface area contributed by atoms with E-state index in [1.165, 1.54) is 0 Å². The molecule has 0 aliphatic carbocycles. The second kappa shape index (κ2) is 11.9. The van der Waals surface area contributed by atoms with E-state index in [0.29, 0.717) is 42.3 Å². The van der Waals surface area contributed by atoms with Crippen molar-refractivity contribution >= 4 is 5.91 Å². The van der Waals surface area contributed by atoms with E-state index in [2.05, 4.69) is 27.3 Å². The number of aromatic nitrogens is 1. The average Bonchev–Trinajstić information content (AvgIpc) is 3.38. The van der Waals surface area contributed by atoms with E-state index >= 15 is 0 Å². The van der Waals surface area contributed by atoms with Crippen LogP contribution in [0.15, 0.2) is 66.9 Å². The summed E-state index contributed by atoms with van der Waals surface area (Å²) in [5.74, 6) is 0.379. The van der Waals surface area contributed by atoms with E-state index in [4.69, 9.17) is 14.7 Å². The Morgan fingerprint density at radius 1 is 1.03 bits per heavy atom. The summed E-state index contributed by atoms with van der Waals surface area (Å²) in [4.78, 5) is 19.5. The fraction of sp³-hybridized carbons (Fsp3) is 0.286. The standard InChI is InChI=1S/C28H27N5O3/c1-35-14-15-36-26-11-10-24(18-31-26)27(22-6-2-20(16-29)3-7-22)33-13-12-25(19-33)32-28(34)23-8-4-21(17-30)5-9-23/h2-11,18,25,27H,12-15,19H2,1H3,(H,32,34)/t25-,27?/m1/s1. The number of methoxy groups -OCH3 is 1. The molecule has 8 heteroatoms. The van der Waals surface area contributed by atoms with Gasteiger partial charge in [0.2, 0.25) is 5.88 Å². The van der Waals surface area contributed by atoms with E-state index < -0.39 is 0 Å². The van der Waals surface area contributed by atoms with Gasteiger partial charge in [-0.3, -0.25) is 9.69 Å². The van der Waals surface area contributed by atoms with Crippen molar-refractivity contribution in [1.29, 1.82) is 10.5 Å². The molecule has 0 bridgehead atoms. The Kier molecular flexibility index (Phi) is 8.25. The number of likely N-dealkylation sites (tertiary alicyclic amines) is 1. The topological polar surface area (TPSA) is 111 Å². The first kappa shape index (κ1) is 24.9. The molecule has 36 heavy (non-hydrogen) atoms. The SMILES string of the molecule is COCCOc1ccc(C(c2ccc(C#N)cc2)N2CC[C@@H](NC(=O)c3ccc(C#N)cc3)C2)cn1. The number of rotatable bonds is 9. The molecule has 8 nitrogen and oxygen atoms in total. The molecule has 0 radical (unpaired) electrons. The monoisotopic (exact) mass is 481 g/mol. The van der Waals surface area contributed by atoms with Gasteiger partial charge in [-0.15, -0.1) is 0 Å². The zero-order chi connectivity index (χ0) is 25.3. The molecular formula is C28H27N5O3. The van der Waals surface area contributed by atoms with Crippen molar-refractivity contribution in [2.75, 3.05) is 33.4 Å². The van der Waals surface area contributed by atoms with Crippen molar-refractivity contribution in [2.24, 2.45) is 0 Å². The second-order valence-electron chi connectivity index (χ2n) is 8.55. The molecule has 3 aromatic rings. The van der Waals surface area contributed by atoms with E-state index in [9.17, 15) is 10.1 Å². The number of ether oxygens (including phenoxy) is 2. The normalized spacial score (nSPS) is 16.0. The minimum atomic E-state index is -0.152. The molecule has 182 valence electrons. The van der Waals surface area contributed by atoms with Gasteiger partial charge in [0.25, 0.3) is 5.91 Å². The predicted molar refractivity (Wildman–Crippen MR) is 133 cm³/mol. The van der Waals surface area contributed by atoms with Crippen molar-refractivity contribution in [3.8, 4) is 18.0 Å². The van der Waals surface area contributed by atoms with Gasteiger partial charge in [0.15, 0.2) is 0 Å². The molecule has 0 spiro atoms. The molecule has 2 atom stereocenters. The van der Waals surface area contributed by atoms with Crippen LogP contribution in [0.25, 0.3) is 0 Å². The fourth-order valence-electron chi connectivity index (χ4n) is 4.33. The minimum Gasteiger partial charge on any atom is -0.475 e. The molecule has 1 unspecified atom stereocenters. The summed E-state index contributed by atoms with van der Waals surface area (Å²) in [6.45, 7) is 2.36. The molecule has 1 amide bonds. The van der Waals surface area contributed by atoms with Gasteiger partial charge in [-0.2, -0.15) is 10.5 Å². The summed E-state index contributed by atoms with van der Waals surface area (Å²) in [5, 5.41) is 21.3. The van der Waals surface area contributed by atoms with Crippen LogP contribution in [0.2, 0.25) is 0 Å². The molecule has 2 heterocycles. The largest absolute Gasteiger partial charge is 0.475 e. The lowest BCUT2D eigenvalue weighted by atomic mass is 9.97. The predicted octanol–water partition coefficient (Wildman–Crippen LogP) is 3.44. The Bertz CT molecular complexity index is 1240. The third-order valence-corrected chi connectivity index (χ3v) is 6.16. The molecule has 0 saturated carbocycles. The Balaban J connectivity index is 1.50. The maximum Gasteiger partial charge on any atom is 0.251 e. The van der Waals surface area contributed by atoms with Crippen LogP contribution in [0.4, 0.5) is 0 Å². The van der Waals surface area contributed by atoms with Crippen LogP contribution in [-0.2, 0) is 4.74 Å². The van der Waals surface area contributed by atoms with Gasteiger partial charge in [0.1, 0.15) is 6.61 Å². The Morgan fingerprint density at radius 2 is 1.69 bits per heavy atom. The van der Waals surface area contributed by atoms with E-state index in [-0.39, 0.29) is 18.0 Å². The number of hydrogen-bond donors (Lipinski definition) is 1.